The average molecular weight is 441 g/mol. The Morgan fingerprint density at radius 3 is 2.19 bits per heavy atom. The molecule has 1 aliphatic heterocycles. The van der Waals surface area contributed by atoms with Crippen molar-refractivity contribution in [2.45, 2.75) is 4.90 Å². The SMILES string of the molecule is COc1ccc(OC)c(-c2ccc(N3CCN(S(=O)(=O)c4ccccc4)CC3)nn2)c1. The van der Waals surface area contributed by atoms with E-state index in [0.29, 0.717) is 54.1 Å². The van der Waals surface area contributed by atoms with Gasteiger partial charge in [-0.15, -0.1) is 10.2 Å². The molecule has 0 spiro atoms. The second kappa shape index (κ2) is 8.91. The molecule has 3 aromatic rings. The van der Waals surface area contributed by atoms with E-state index in [0.717, 1.165) is 5.56 Å². The number of anilines is 1. The molecule has 1 aliphatic rings. The summed E-state index contributed by atoms with van der Waals surface area (Å²) in [6.45, 7) is 1.87. The van der Waals surface area contributed by atoms with Crippen LogP contribution in [0.25, 0.3) is 11.3 Å². The molecule has 1 aromatic heterocycles. The number of rotatable bonds is 6. The first-order chi connectivity index (χ1) is 15.0. The fourth-order valence-electron chi connectivity index (χ4n) is 3.55. The van der Waals surface area contributed by atoms with Gasteiger partial charge >= 0.3 is 0 Å². The van der Waals surface area contributed by atoms with Crippen molar-refractivity contribution >= 4 is 15.8 Å². The monoisotopic (exact) mass is 440 g/mol. The summed E-state index contributed by atoms with van der Waals surface area (Å²) in [6.07, 6.45) is 0. The standard InChI is InChI=1S/C22H24N4O4S/c1-29-17-8-10-21(30-2)19(16-17)20-9-11-22(24-23-20)25-12-14-26(15-13-25)31(27,28)18-6-4-3-5-7-18/h3-11,16H,12-15H2,1-2H3. The molecule has 1 saturated heterocycles. The lowest BCUT2D eigenvalue weighted by Gasteiger charge is -2.34. The number of hydrogen-bond donors (Lipinski definition) is 0. The van der Waals surface area contributed by atoms with Crippen LogP contribution >= 0.6 is 0 Å². The van der Waals surface area contributed by atoms with Crippen LogP contribution in [-0.4, -0.2) is 63.3 Å². The van der Waals surface area contributed by atoms with Gasteiger partial charge in [0.25, 0.3) is 0 Å². The fourth-order valence-corrected chi connectivity index (χ4v) is 4.99. The summed E-state index contributed by atoms with van der Waals surface area (Å²) in [6, 6.07) is 17.8. The number of benzene rings is 2. The quantitative estimate of drug-likeness (QED) is 0.583. The van der Waals surface area contributed by atoms with Crippen LogP contribution in [0.1, 0.15) is 0 Å². The molecule has 0 amide bonds. The molecule has 0 radical (unpaired) electrons. The molecule has 162 valence electrons. The molecule has 0 unspecified atom stereocenters. The van der Waals surface area contributed by atoms with Gasteiger partial charge in [0.1, 0.15) is 11.5 Å². The van der Waals surface area contributed by atoms with Crippen LogP contribution in [0.3, 0.4) is 0 Å². The van der Waals surface area contributed by atoms with Gasteiger partial charge in [-0.1, -0.05) is 18.2 Å². The summed E-state index contributed by atoms with van der Waals surface area (Å²) in [5.74, 6) is 2.10. The van der Waals surface area contributed by atoms with E-state index in [1.54, 1.807) is 44.6 Å². The summed E-state index contributed by atoms with van der Waals surface area (Å²) in [5, 5.41) is 8.73. The Kier molecular flexibility index (Phi) is 6.06. The second-order valence-electron chi connectivity index (χ2n) is 7.05. The first-order valence-corrected chi connectivity index (χ1v) is 11.3. The van der Waals surface area contributed by atoms with E-state index in [1.807, 2.05) is 35.2 Å². The number of piperazine rings is 1. The molecule has 4 rings (SSSR count). The maximum atomic E-state index is 12.8. The van der Waals surface area contributed by atoms with E-state index in [4.69, 9.17) is 9.47 Å². The lowest BCUT2D eigenvalue weighted by Crippen LogP contribution is -2.48. The van der Waals surface area contributed by atoms with Gasteiger partial charge in [0.05, 0.1) is 24.8 Å². The van der Waals surface area contributed by atoms with Crippen LogP contribution in [-0.2, 0) is 10.0 Å². The molecular formula is C22H24N4O4S. The Balaban J connectivity index is 1.47. The molecular weight excluding hydrogens is 416 g/mol. The fraction of sp³-hybridized carbons (Fsp3) is 0.273. The van der Waals surface area contributed by atoms with Gasteiger partial charge in [0, 0.05) is 31.7 Å². The molecule has 0 aliphatic carbocycles. The molecule has 0 saturated carbocycles. The first kappa shape index (κ1) is 21.1. The number of ether oxygens (including phenoxy) is 2. The van der Waals surface area contributed by atoms with Crippen molar-refractivity contribution in [2.24, 2.45) is 0 Å². The molecule has 2 aromatic carbocycles. The van der Waals surface area contributed by atoms with Gasteiger partial charge in [0.2, 0.25) is 10.0 Å². The largest absolute Gasteiger partial charge is 0.497 e. The number of aromatic nitrogens is 2. The van der Waals surface area contributed by atoms with E-state index in [9.17, 15) is 8.42 Å². The van der Waals surface area contributed by atoms with Gasteiger partial charge in [0.15, 0.2) is 5.82 Å². The third-order valence-corrected chi connectivity index (χ3v) is 7.19. The molecule has 9 heteroatoms. The maximum Gasteiger partial charge on any atom is 0.243 e. The van der Waals surface area contributed by atoms with Crippen molar-refractivity contribution in [3.05, 3.63) is 60.7 Å². The van der Waals surface area contributed by atoms with E-state index in [-0.39, 0.29) is 0 Å². The zero-order valence-corrected chi connectivity index (χ0v) is 18.2. The van der Waals surface area contributed by atoms with Gasteiger partial charge < -0.3 is 14.4 Å². The van der Waals surface area contributed by atoms with Crippen LogP contribution in [0, 0.1) is 0 Å². The number of nitrogens with zero attached hydrogens (tertiary/aromatic N) is 4. The number of methoxy groups -OCH3 is 2. The predicted octanol–water partition coefficient (Wildman–Crippen LogP) is 2.67. The van der Waals surface area contributed by atoms with E-state index in [2.05, 4.69) is 10.2 Å². The Hall–Kier alpha value is -3.17. The summed E-state index contributed by atoms with van der Waals surface area (Å²) in [7, 11) is -0.263. The second-order valence-corrected chi connectivity index (χ2v) is 8.99. The van der Waals surface area contributed by atoms with E-state index in [1.165, 1.54) is 4.31 Å². The minimum atomic E-state index is -3.48. The highest BCUT2D eigenvalue weighted by Crippen LogP contribution is 2.32. The normalized spacial score (nSPS) is 15.0. The van der Waals surface area contributed by atoms with Crippen molar-refractivity contribution in [1.29, 1.82) is 0 Å². The van der Waals surface area contributed by atoms with Crippen molar-refractivity contribution in [1.82, 2.24) is 14.5 Å². The summed E-state index contributed by atoms with van der Waals surface area (Å²) in [4.78, 5) is 2.36. The Bertz CT molecular complexity index is 1130. The van der Waals surface area contributed by atoms with Gasteiger partial charge in [-0.3, -0.25) is 0 Å². The van der Waals surface area contributed by atoms with Crippen LogP contribution in [0.15, 0.2) is 65.6 Å². The van der Waals surface area contributed by atoms with Crippen molar-refractivity contribution < 1.29 is 17.9 Å². The maximum absolute atomic E-state index is 12.8. The highest BCUT2D eigenvalue weighted by atomic mass is 32.2. The zero-order chi connectivity index (χ0) is 21.8. The van der Waals surface area contributed by atoms with Crippen molar-refractivity contribution in [3.63, 3.8) is 0 Å². The summed E-state index contributed by atoms with van der Waals surface area (Å²) in [5.41, 5.74) is 1.46. The third kappa shape index (κ3) is 4.33. The minimum absolute atomic E-state index is 0.319. The smallest absolute Gasteiger partial charge is 0.243 e. The van der Waals surface area contributed by atoms with Gasteiger partial charge in [-0.05, 0) is 42.5 Å². The van der Waals surface area contributed by atoms with Crippen molar-refractivity contribution in [2.75, 3.05) is 45.3 Å². The Morgan fingerprint density at radius 2 is 1.58 bits per heavy atom. The van der Waals surface area contributed by atoms with Crippen LogP contribution in [0.5, 0.6) is 11.5 Å². The van der Waals surface area contributed by atoms with Gasteiger partial charge in [-0.2, -0.15) is 4.31 Å². The van der Waals surface area contributed by atoms with Crippen LogP contribution < -0.4 is 14.4 Å². The molecule has 0 atom stereocenters. The predicted molar refractivity (Wildman–Crippen MR) is 118 cm³/mol. The highest BCUT2D eigenvalue weighted by molar-refractivity contribution is 7.89. The Labute approximate surface area is 182 Å². The average Bonchev–Trinajstić information content (AvgIpc) is 2.84. The zero-order valence-electron chi connectivity index (χ0n) is 17.4. The number of hydrogen-bond acceptors (Lipinski definition) is 7. The molecule has 1 fully saturated rings. The summed E-state index contributed by atoms with van der Waals surface area (Å²) < 4.78 is 37.8. The topological polar surface area (TPSA) is 84.9 Å². The summed E-state index contributed by atoms with van der Waals surface area (Å²) >= 11 is 0. The van der Waals surface area contributed by atoms with Crippen molar-refractivity contribution in [3.8, 4) is 22.8 Å². The minimum Gasteiger partial charge on any atom is -0.497 e. The number of sulfonamides is 1. The molecule has 0 bridgehead atoms. The lowest BCUT2D eigenvalue weighted by atomic mass is 10.1. The molecule has 2 heterocycles. The molecule has 0 N–H and O–H groups in total. The van der Waals surface area contributed by atoms with Crippen LogP contribution in [0.4, 0.5) is 5.82 Å². The first-order valence-electron chi connectivity index (χ1n) is 9.89. The highest BCUT2D eigenvalue weighted by Gasteiger charge is 2.28. The third-order valence-electron chi connectivity index (χ3n) is 5.28. The Morgan fingerprint density at radius 1 is 0.839 bits per heavy atom. The molecule has 31 heavy (non-hydrogen) atoms. The lowest BCUT2D eigenvalue weighted by molar-refractivity contribution is 0.383. The van der Waals surface area contributed by atoms with Crippen LogP contribution in [0.2, 0.25) is 0 Å². The molecule has 8 nitrogen and oxygen atoms in total. The van der Waals surface area contributed by atoms with E-state index < -0.39 is 10.0 Å². The van der Waals surface area contributed by atoms with E-state index >= 15 is 0 Å². The van der Waals surface area contributed by atoms with Gasteiger partial charge in [-0.25, -0.2) is 8.42 Å².